The van der Waals surface area contributed by atoms with E-state index in [9.17, 15) is 0 Å². The van der Waals surface area contributed by atoms with Crippen LogP contribution >= 0.6 is 0 Å². The molecule has 0 bridgehead atoms. The first-order chi connectivity index (χ1) is 8.72. The Hall–Kier alpha value is -0.860. The topological polar surface area (TPSA) is 29.3 Å². The second-order valence-corrected chi connectivity index (χ2v) is 5.62. The fraction of sp³-hybridized carbons (Fsp3) is 0.625. The Morgan fingerprint density at radius 2 is 2.22 bits per heavy atom. The van der Waals surface area contributed by atoms with Crippen molar-refractivity contribution in [1.82, 2.24) is 4.90 Å². The largest absolute Gasteiger partial charge is 0.326 e. The molecule has 1 aliphatic rings. The molecule has 2 rings (SSSR count). The molecule has 1 fully saturated rings. The fourth-order valence-corrected chi connectivity index (χ4v) is 2.93. The molecule has 1 aliphatic heterocycles. The van der Waals surface area contributed by atoms with Gasteiger partial charge in [0.15, 0.2) is 0 Å². The lowest BCUT2D eigenvalue weighted by atomic mass is 9.95. The Morgan fingerprint density at radius 3 is 2.89 bits per heavy atom. The van der Waals surface area contributed by atoms with Gasteiger partial charge < -0.3 is 5.73 Å². The van der Waals surface area contributed by atoms with Gasteiger partial charge in [-0.1, -0.05) is 31.5 Å². The normalized spacial score (nSPS) is 21.2. The maximum atomic E-state index is 5.68. The number of rotatable bonds is 4. The van der Waals surface area contributed by atoms with Crippen LogP contribution in [-0.4, -0.2) is 18.0 Å². The minimum atomic E-state index is 0.642. The van der Waals surface area contributed by atoms with E-state index in [4.69, 9.17) is 5.73 Å². The fourth-order valence-electron chi connectivity index (χ4n) is 2.93. The van der Waals surface area contributed by atoms with E-state index in [1.54, 1.807) is 0 Å². The first-order valence-electron chi connectivity index (χ1n) is 7.23. The van der Waals surface area contributed by atoms with Gasteiger partial charge in [0.05, 0.1) is 0 Å². The summed E-state index contributed by atoms with van der Waals surface area (Å²) in [5.41, 5.74) is 9.76. The highest BCUT2D eigenvalue weighted by Crippen LogP contribution is 2.22. The highest BCUT2D eigenvalue weighted by atomic mass is 15.1. The first kappa shape index (κ1) is 13.6. The van der Waals surface area contributed by atoms with Gasteiger partial charge in [-0.05, 0) is 48.9 Å². The van der Waals surface area contributed by atoms with E-state index in [0.717, 1.165) is 12.5 Å². The molecule has 0 saturated carbocycles. The van der Waals surface area contributed by atoms with Crippen LogP contribution in [0.5, 0.6) is 0 Å². The molecule has 2 heteroatoms. The summed E-state index contributed by atoms with van der Waals surface area (Å²) in [6.45, 7) is 8.80. The number of aryl methyl sites for hydroxylation is 1. The molecular weight excluding hydrogens is 220 g/mol. The van der Waals surface area contributed by atoms with Gasteiger partial charge in [-0.15, -0.1) is 0 Å². The highest BCUT2D eigenvalue weighted by Gasteiger charge is 2.18. The monoisotopic (exact) mass is 246 g/mol. The van der Waals surface area contributed by atoms with Crippen molar-refractivity contribution in [2.24, 2.45) is 11.7 Å². The Morgan fingerprint density at radius 1 is 1.39 bits per heavy atom. The van der Waals surface area contributed by atoms with Gasteiger partial charge >= 0.3 is 0 Å². The SMILES string of the molecule is CCC1CCCN(Cc2ccc(CN)cc2C)C1. The van der Waals surface area contributed by atoms with E-state index >= 15 is 0 Å². The lowest BCUT2D eigenvalue weighted by Crippen LogP contribution is -2.34. The van der Waals surface area contributed by atoms with Gasteiger partial charge in [0.25, 0.3) is 0 Å². The summed E-state index contributed by atoms with van der Waals surface area (Å²) < 4.78 is 0. The van der Waals surface area contributed by atoms with Crippen LogP contribution in [0, 0.1) is 12.8 Å². The van der Waals surface area contributed by atoms with Crippen LogP contribution in [0.15, 0.2) is 18.2 Å². The van der Waals surface area contributed by atoms with Gasteiger partial charge in [-0.2, -0.15) is 0 Å². The van der Waals surface area contributed by atoms with Crippen molar-refractivity contribution in [3.8, 4) is 0 Å². The van der Waals surface area contributed by atoms with Crippen LogP contribution < -0.4 is 5.73 Å². The van der Waals surface area contributed by atoms with Crippen LogP contribution in [0.3, 0.4) is 0 Å². The van der Waals surface area contributed by atoms with Crippen LogP contribution in [0.1, 0.15) is 42.9 Å². The van der Waals surface area contributed by atoms with E-state index in [1.165, 1.54) is 49.0 Å². The summed E-state index contributed by atoms with van der Waals surface area (Å²) in [6, 6.07) is 6.66. The van der Waals surface area contributed by atoms with Crippen LogP contribution in [0.4, 0.5) is 0 Å². The predicted molar refractivity (Wildman–Crippen MR) is 77.4 cm³/mol. The van der Waals surface area contributed by atoms with Crippen LogP contribution in [0.25, 0.3) is 0 Å². The minimum absolute atomic E-state index is 0.642. The summed E-state index contributed by atoms with van der Waals surface area (Å²) in [4.78, 5) is 2.61. The molecule has 1 heterocycles. The zero-order valence-electron chi connectivity index (χ0n) is 11.8. The molecule has 0 aliphatic carbocycles. The predicted octanol–water partition coefficient (Wildman–Crippen LogP) is 3.08. The molecule has 0 spiro atoms. The quantitative estimate of drug-likeness (QED) is 0.884. The van der Waals surface area contributed by atoms with Crippen molar-refractivity contribution >= 4 is 0 Å². The molecule has 2 N–H and O–H groups in total. The number of benzene rings is 1. The van der Waals surface area contributed by atoms with Crippen molar-refractivity contribution in [1.29, 1.82) is 0 Å². The van der Waals surface area contributed by atoms with Crippen molar-refractivity contribution < 1.29 is 0 Å². The Balaban J connectivity index is 2.00. The average molecular weight is 246 g/mol. The van der Waals surface area contributed by atoms with Gasteiger partial charge in [0.2, 0.25) is 0 Å². The number of likely N-dealkylation sites (tertiary alicyclic amines) is 1. The average Bonchev–Trinajstić information content (AvgIpc) is 2.41. The molecule has 2 nitrogen and oxygen atoms in total. The van der Waals surface area contributed by atoms with Crippen molar-refractivity contribution in [2.75, 3.05) is 13.1 Å². The molecule has 1 saturated heterocycles. The summed E-state index contributed by atoms with van der Waals surface area (Å²) in [6.07, 6.45) is 4.10. The number of piperidine rings is 1. The van der Waals surface area contributed by atoms with Gasteiger partial charge in [0, 0.05) is 19.6 Å². The number of hydrogen-bond donors (Lipinski definition) is 1. The van der Waals surface area contributed by atoms with Gasteiger partial charge in [-0.25, -0.2) is 0 Å². The Bertz CT molecular complexity index is 387. The van der Waals surface area contributed by atoms with Crippen LogP contribution in [-0.2, 0) is 13.1 Å². The molecule has 18 heavy (non-hydrogen) atoms. The molecule has 1 aromatic rings. The third-order valence-corrected chi connectivity index (χ3v) is 4.22. The molecule has 1 unspecified atom stereocenters. The third kappa shape index (κ3) is 3.33. The van der Waals surface area contributed by atoms with Crippen molar-refractivity contribution in [3.05, 3.63) is 34.9 Å². The lowest BCUT2D eigenvalue weighted by molar-refractivity contribution is 0.164. The summed E-state index contributed by atoms with van der Waals surface area (Å²) in [7, 11) is 0. The molecule has 0 amide bonds. The van der Waals surface area contributed by atoms with Gasteiger partial charge in [-0.3, -0.25) is 4.90 Å². The standard InChI is InChI=1S/C16H26N2/c1-3-14-5-4-8-18(11-14)12-16-7-6-15(10-17)9-13(16)2/h6-7,9,14H,3-5,8,10-12,17H2,1-2H3. The van der Waals surface area contributed by atoms with Crippen molar-refractivity contribution in [2.45, 2.75) is 46.2 Å². The minimum Gasteiger partial charge on any atom is -0.326 e. The van der Waals surface area contributed by atoms with Gasteiger partial charge in [0.1, 0.15) is 0 Å². The number of nitrogens with two attached hydrogens (primary N) is 1. The smallest absolute Gasteiger partial charge is 0.0236 e. The van der Waals surface area contributed by atoms with E-state index in [0.29, 0.717) is 6.54 Å². The third-order valence-electron chi connectivity index (χ3n) is 4.22. The second kappa shape index (κ2) is 6.35. The highest BCUT2D eigenvalue weighted by molar-refractivity contribution is 5.31. The molecule has 0 radical (unpaired) electrons. The maximum Gasteiger partial charge on any atom is 0.0236 e. The van der Waals surface area contributed by atoms with E-state index in [-0.39, 0.29) is 0 Å². The number of hydrogen-bond acceptors (Lipinski definition) is 2. The summed E-state index contributed by atoms with van der Waals surface area (Å²) in [5, 5.41) is 0. The Labute approximate surface area is 111 Å². The molecular formula is C16H26N2. The second-order valence-electron chi connectivity index (χ2n) is 5.62. The van der Waals surface area contributed by atoms with Crippen molar-refractivity contribution in [3.63, 3.8) is 0 Å². The van der Waals surface area contributed by atoms with E-state index < -0.39 is 0 Å². The zero-order valence-corrected chi connectivity index (χ0v) is 11.8. The summed E-state index contributed by atoms with van der Waals surface area (Å²) in [5.74, 6) is 0.905. The Kier molecular flexibility index (Phi) is 4.79. The molecule has 100 valence electrons. The first-order valence-corrected chi connectivity index (χ1v) is 7.23. The maximum absolute atomic E-state index is 5.68. The number of nitrogens with zero attached hydrogens (tertiary/aromatic N) is 1. The summed E-state index contributed by atoms with van der Waals surface area (Å²) >= 11 is 0. The van der Waals surface area contributed by atoms with E-state index in [2.05, 4.69) is 36.9 Å². The molecule has 1 aromatic carbocycles. The van der Waals surface area contributed by atoms with Crippen LogP contribution in [0.2, 0.25) is 0 Å². The lowest BCUT2D eigenvalue weighted by Gasteiger charge is -2.32. The molecule has 0 aromatic heterocycles. The van der Waals surface area contributed by atoms with E-state index in [1.807, 2.05) is 0 Å². The zero-order chi connectivity index (χ0) is 13.0. The molecule has 1 atom stereocenters.